The Balaban J connectivity index is 1.78. The molecule has 9 heteroatoms. The Hall–Kier alpha value is -3.20. The van der Waals surface area contributed by atoms with E-state index in [4.69, 9.17) is 4.74 Å². The summed E-state index contributed by atoms with van der Waals surface area (Å²) in [7, 11) is 1.56. The van der Waals surface area contributed by atoms with Gasteiger partial charge in [0.25, 0.3) is 0 Å². The van der Waals surface area contributed by atoms with Crippen molar-refractivity contribution in [1.82, 2.24) is 14.8 Å². The van der Waals surface area contributed by atoms with Crippen LogP contribution in [0.4, 0.5) is 14.5 Å². The first-order chi connectivity index (χ1) is 14.0. The summed E-state index contributed by atoms with van der Waals surface area (Å²) in [6, 6.07) is 10.7. The average molecular weight is 416 g/mol. The van der Waals surface area contributed by atoms with Crippen molar-refractivity contribution in [2.75, 3.05) is 18.2 Å². The van der Waals surface area contributed by atoms with Crippen molar-refractivity contribution < 1.29 is 18.3 Å². The highest BCUT2D eigenvalue weighted by atomic mass is 32.2. The van der Waals surface area contributed by atoms with Crippen molar-refractivity contribution in [3.8, 4) is 17.1 Å². The number of allylic oxidation sites excluding steroid dienone is 1. The first-order valence-corrected chi connectivity index (χ1v) is 9.57. The number of nitrogens with zero attached hydrogens (tertiary/aromatic N) is 3. The number of thioether (sulfide) groups is 1. The monoisotopic (exact) mass is 416 g/mol. The number of amides is 1. The predicted molar refractivity (Wildman–Crippen MR) is 108 cm³/mol. The molecular weight excluding hydrogens is 398 g/mol. The molecule has 29 heavy (non-hydrogen) atoms. The van der Waals surface area contributed by atoms with Crippen molar-refractivity contribution in [3.63, 3.8) is 0 Å². The number of para-hydroxylation sites is 2. The highest BCUT2D eigenvalue weighted by molar-refractivity contribution is 7.99. The van der Waals surface area contributed by atoms with E-state index in [-0.39, 0.29) is 5.75 Å². The van der Waals surface area contributed by atoms with Crippen LogP contribution in [0.2, 0.25) is 0 Å². The number of aromatic nitrogens is 3. The Labute approximate surface area is 170 Å². The molecule has 3 rings (SSSR count). The van der Waals surface area contributed by atoms with Crippen LogP contribution in [0.15, 0.2) is 60.3 Å². The van der Waals surface area contributed by atoms with E-state index in [1.807, 2.05) is 24.3 Å². The molecule has 0 saturated heterocycles. The number of hydrogen-bond donors (Lipinski definition) is 1. The zero-order valence-corrected chi connectivity index (χ0v) is 16.4. The van der Waals surface area contributed by atoms with E-state index in [2.05, 4.69) is 22.1 Å². The van der Waals surface area contributed by atoms with Gasteiger partial charge in [0.05, 0.1) is 18.4 Å². The number of hydrogen-bond acceptors (Lipinski definition) is 5. The lowest BCUT2D eigenvalue weighted by atomic mass is 10.2. The molecule has 1 heterocycles. The topological polar surface area (TPSA) is 69.0 Å². The van der Waals surface area contributed by atoms with Gasteiger partial charge in [-0.25, -0.2) is 8.78 Å². The van der Waals surface area contributed by atoms with E-state index in [0.717, 1.165) is 29.5 Å². The minimum Gasteiger partial charge on any atom is -0.496 e. The van der Waals surface area contributed by atoms with Gasteiger partial charge in [-0.1, -0.05) is 36.0 Å². The standard InChI is InChI=1S/C20H18F2N4O2S/c1-3-11-26-19(13-7-4-5-10-16(13)28-2)24-25-20(26)29-12-17(27)23-18-14(21)8-6-9-15(18)22/h3-10H,1,11-12H2,2H3,(H,23,27). The first-order valence-electron chi connectivity index (χ1n) is 8.59. The van der Waals surface area contributed by atoms with Crippen LogP contribution in [0.25, 0.3) is 11.4 Å². The van der Waals surface area contributed by atoms with E-state index in [1.54, 1.807) is 17.8 Å². The number of carbonyl (C=O) groups excluding carboxylic acids is 1. The van der Waals surface area contributed by atoms with Gasteiger partial charge >= 0.3 is 0 Å². The number of nitrogens with one attached hydrogen (secondary N) is 1. The van der Waals surface area contributed by atoms with Gasteiger partial charge in [0.1, 0.15) is 23.1 Å². The molecule has 2 aromatic carbocycles. The summed E-state index contributed by atoms with van der Waals surface area (Å²) in [6.07, 6.45) is 1.68. The fourth-order valence-corrected chi connectivity index (χ4v) is 3.39. The maximum Gasteiger partial charge on any atom is 0.235 e. The van der Waals surface area contributed by atoms with E-state index in [1.165, 1.54) is 6.07 Å². The molecule has 1 aromatic heterocycles. The van der Waals surface area contributed by atoms with Crippen molar-refractivity contribution in [2.45, 2.75) is 11.7 Å². The Morgan fingerprint density at radius 1 is 1.21 bits per heavy atom. The van der Waals surface area contributed by atoms with Gasteiger partial charge in [0.2, 0.25) is 5.91 Å². The summed E-state index contributed by atoms with van der Waals surface area (Å²) in [6.45, 7) is 4.15. The second-order valence-corrected chi connectivity index (χ2v) is 6.78. The van der Waals surface area contributed by atoms with E-state index >= 15 is 0 Å². The summed E-state index contributed by atoms with van der Waals surface area (Å²) in [4.78, 5) is 12.2. The number of carbonyl (C=O) groups is 1. The lowest BCUT2D eigenvalue weighted by Gasteiger charge is -2.11. The number of ether oxygens (including phenoxy) is 1. The minimum atomic E-state index is -0.836. The van der Waals surface area contributed by atoms with Crippen LogP contribution in [0.5, 0.6) is 5.75 Å². The normalized spacial score (nSPS) is 10.6. The number of halogens is 2. The molecule has 1 N–H and O–H groups in total. The molecule has 0 unspecified atom stereocenters. The lowest BCUT2D eigenvalue weighted by Crippen LogP contribution is -2.16. The summed E-state index contributed by atoms with van der Waals surface area (Å²) < 4.78 is 34.5. The zero-order valence-electron chi connectivity index (χ0n) is 15.6. The second kappa shape index (κ2) is 9.33. The fraction of sp³-hybridized carbons (Fsp3) is 0.150. The van der Waals surface area contributed by atoms with Gasteiger partial charge in [-0.05, 0) is 24.3 Å². The van der Waals surface area contributed by atoms with Gasteiger partial charge in [0, 0.05) is 6.54 Å². The quantitative estimate of drug-likeness (QED) is 0.441. The second-order valence-electron chi connectivity index (χ2n) is 5.84. The first kappa shape index (κ1) is 20.5. The fourth-order valence-electron chi connectivity index (χ4n) is 2.64. The molecule has 150 valence electrons. The van der Waals surface area contributed by atoms with Gasteiger partial charge in [-0.2, -0.15) is 0 Å². The number of benzene rings is 2. The molecule has 3 aromatic rings. The molecule has 0 aliphatic heterocycles. The number of rotatable bonds is 8. The van der Waals surface area contributed by atoms with Gasteiger partial charge < -0.3 is 10.1 Å². The maximum atomic E-state index is 13.7. The van der Waals surface area contributed by atoms with Crippen LogP contribution in [0.1, 0.15) is 0 Å². The summed E-state index contributed by atoms with van der Waals surface area (Å²) >= 11 is 1.10. The van der Waals surface area contributed by atoms with E-state index in [0.29, 0.717) is 23.3 Å². The molecule has 1 amide bonds. The molecule has 0 radical (unpaired) electrons. The molecular formula is C20H18F2N4O2S. The lowest BCUT2D eigenvalue weighted by molar-refractivity contribution is -0.113. The van der Waals surface area contributed by atoms with Crippen LogP contribution in [0, 0.1) is 11.6 Å². The molecule has 0 saturated carbocycles. The van der Waals surface area contributed by atoms with Crippen LogP contribution in [-0.4, -0.2) is 33.5 Å². The van der Waals surface area contributed by atoms with Crippen LogP contribution < -0.4 is 10.1 Å². The van der Waals surface area contributed by atoms with E-state index < -0.39 is 23.2 Å². The predicted octanol–water partition coefficient (Wildman–Crippen LogP) is 4.15. The highest BCUT2D eigenvalue weighted by Crippen LogP contribution is 2.31. The van der Waals surface area contributed by atoms with Gasteiger partial charge in [-0.15, -0.1) is 16.8 Å². The summed E-state index contributed by atoms with van der Waals surface area (Å²) in [5, 5.41) is 11.1. The molecule has 0 spiro atoms. The molecule has 0 bridgehead atoms. The van der Waals surface area contributed by atoms with Crippen molar-refractivity contribution in [3.05, 3.63) is 66.8 Å². The van der Waals surface area contributed by atoms with Crippen LogP contribution in [-0.2, 0) is 11.3 Å². The van der Waals surface area contributed by atoms with E-state index in [9.17, 15) is 13.6 Å². The molecule has 6 nitrogen and oxygen atoms in total. The molecule has 0 aliphatic rings. The smallest absolute Gasteiger partial charge is 0.235 e. The minimum absolute atomic E-state index is 0.102. The summed E-state index contributed by atoms with van der Waals surface area (Å²) in [5.74, 6) is -1.14. The van der Waals surface area contributed by atoms with Crippen molar-refractivity contribution in [2.24, 2.45) is 0 Å². The number of methoxy groups -OCH3 is 1. The Morgan fingerprint density at radius 3 is 2.62 bits per heavy atom. The Morgan fingerprint density at radius 2 is 1.93 bits per heavy atom. The molecule has 0 atom stereocenters. The van der Waals surface area contributed by atoms with Crippen molar-refractivity contribution in [1.29, 1.82) is 0 Å². The third kappa shape index (κ3) is 4.62. The van der Waals surface area contributed by atoms with Crippen LogP contribution in [0.3, 0.4) is 0 Å². The highest BCUT2D eigenvalue weighted by Gasteiger charge is 2.18. The molecule has 0 aliphatic carbocycles. The summed E-state index contributed by atoms with van der Waals surface area (Å²) in [5.41, 5.74) is 0.273. The molecule has 0 fully saturated rings. The van der Waals surface area contributed by atoms with Gasteiger partial charge in [0.15, 0.2) is 11.0 Å². The van der Waals surface area contributed by atoms with Crippen LogP contribution >= 0.6 is 11.8 Å². The largest absolute Gasteiger partial charge is 0.496 e. The SMILES string of the molecule is C=CCn1c(SCC(=O)Nc2c(F)cccc2F)nnc1-c1ccccc1OC. The third-order valence-corrected chi connectivity index (χ3v) is 4.90. The van der Waals surface area contributed by atoms with Gasteiger partial charge in [-0.3, -0.25) is 9.36 Å². The Kier molecular flexibility index (Phi) is 6.61. The van der Waals surface area contributed by atoms with Crippen molar-refractivity contribution >= 4 is 23.4 Å². The zero-order chi connectivity index (χ0) is 20.8. The number of anilines is 1. The third-order valence-electron chi connectivity index (χ3n) is 3.94. The average Bonchev–Trinajstić information content (AvgIpc) is 3.12. The Bertz CT molecular complexity index is 1020. The maximum absolute atomic E-state index is 13.7.